The molecule has 132 valence electrons. The molecule has 3 aromatic rings. The molecule has 1 atom stereocenters. The van der Waals surface area contributed by atoms with Gasteiger partial charge >= 0.3 is 0 Å². The minimum atomic E-state index is -0.307. The van der Waals surface area contributed by atoms with Gasteiger partial charge in [-0.05, 0) is 43.9 Å². The molecular weight excluding hydrogens is 348 g/mol. The van der Waals surface area contributed by atoms with Gasteiger partial charge < -0.3 is 5.11 Å². The van der Waals surface area contributed by atoms with Crippen LogP contribution in [0, 0.1) is 5.92 Å². The van der Waals surface area contributed by atoms with E-state index in [4.69, 9.17) is 11.6 Å². The number of aromatic hydroxyl groups is 1. The second-order valence-electron chi connectivity index (χ2n) is 6.73. The number of aromatic nitrogens is 1. The Kier molecular flexibility index (Phi) is 4.29. The highest BCUT2D eigenvalue weighted by Crippen LogP contribution is 2.34. The average Bonchev–Trinajstić information content (AvgIpc) is 3.48. The Bertz CT molecular complexity index is 1070. The van der Waals surface area contributed by atoms with E-state index in [2.05, 4.69) is 11.9 Å². The average molecular weight is 367 g/mol. The molecule has 1 aromatic heterocycles. The summed E-state index contributed by atoms with van der Waals surface area (Å²) in [6.07, 6.45) is 4.09. The highest BCUT2D eigenvalue weighted by Gasteiger charge is 2.27. The van der Waals surface area contributed by atoms with Crippen molar-refractivity contribution in [3.63, 3.8) is 0 Å². The number of benzene rings is 2. The zero-order valence-corrected chi connectivity index (χ0v) is 15.1. The highest BCUT2D eigenvalue weighted by molar-refractivity contribution is 6.32. The fourth-order valence-electron chi connectivity index (χ4n) is 3.24. The number of nitrogens with zero attached hydrogens (tertiary/aromatic N) is 2. The molecular formula is C21H19ClN2O2. The smallest absolute Gasteiger partial charge is 0.265 e. The number of fused-ring (bicyclic) bond motifs is 1. The second-order valence-corrected chi connectivity index (χ2v) is 7.14. The molecule has 1 fully saturated rings. The molecule has 26 heavy (non-hydrogen) atoms. The van der Waals surface area contributed by atoms with Crippen molar-refractivity contribution in [1.29, 1.82) is 0 Å². The van der Waals surface area contributed by atoms with E-state index in [0.717, 1.165) is 0 Å². The molecule has 0 saturated heterocycles. The number of aliphatic imine (C=N–C) groups is 1. The molecule has 2 aromatic carbocycles. The predicted molar refractivity (Wildman–Crippen MR) is 106 cm³/mol. The zero-order valence-electron chi connectivity index (χ0n) is 14.4. The first-order valence-electron chi connectivity index (χ1n) is 8.72. The lowest BCUT2D eigenvalue weighted by Crippen LogP contribution is -2.20. The van der Waals surface area contributed by atoms with Gasteiger partial charge in [0, 0.05) is 23.0 Å². The molecule has 1 N–H and O–H groups in total. The number of halogens is 1. The third-order valence-electron chi connectivity index (χ3n) is 4.94. The zero-order chi connectivity index (χ0) is 18.3. The lowest BCUT2D eigenvalue weighted by Gasteiger charge is -2.15. The molecule has 0 aliphatic heterocycles. The van der Waals surface area contributed by atoms with Crippen LogP contribution in [0.2, 0.25) is 5.02 Å². The van der Waals surface area contributed by atoms with Crippen LogP contribution in [-0.2, 0) is 0 Å². The van der Waals surface area contributed by atoms with Gasteiger partial charge in [-0.2, -0.15) is 0 Å². The minimum absolute atomic E-state index is 0.145. The van der Waals surface area contributed by atoms with Crippen LogP contribution in [0.25, 0.3) is 16.5 Å². The summed E-state index contributed by atoms with van der Waals surface area (Å²) in [5, 5.41) is 12.5. The maximum atomic E-state index is 13.0. The number of rotatable bonds is 4. The molecule has 1 heterocycles. The topological polar surface area (TPSA) is 54.6 Å². The molecule has 0 radical (unpaired) electrons. The van der Waals surface area contributed by atoms with Gasteiger partial charge in [-0.1, -0.05) is 41.9 Å². The highest BCUT2D eigenvalue weighted by atomic mass is 35.5. The van der Waals surface area contributed by atoms with Crippen molar-refractivity contribution in [3.8, 4) is 11.6 Å². The van der Waals surface area contributed by atoms with Crippen molar-refractivity contribution in [2.75, 3.05) is 0 Å². The van der Waals surface area contributed by atoms with Gasteiger partial charge in [-0.15, -0.1) is 0 Å². The largest absolute Gasteiger partial charge is 0.494 e. The van der Waals surface area contributed by atoms with Crippen molar-refractivity contribution in [1.82, 2.24) is 4.57 Å². The first kappa shape index (κ1) is 16.9. The molecule has 1 aliphatic carbocycles. The van der Waals surface area contributed by atoms with Crippen LogP contribution in [0.1, 0.15) is 25.3 Å². The van der Waals surface area contributed by atoms with Crippen LogP contribution in [0.5, 0.6) is 5.88 Å². The fraction of sp³-hybridized carbons (Fsp3) is 0.238. The van der Waals surface area contributed by atoms with Crippen molar-refractivity contribution in [2.24, 2.45) is 10.9 Å². The van der Waals surface area contributed by atoms with Crippen molar-refractivity contribution >= 4 is 28.6 Å². The molecule has 1 unspecified atom stereocenters. The predicted octanol–water partition coefficient (Wildman–Crippen LogP) is 4.57. The Morgan fingerprint density at radius 3 is 2.50 bits per heavy atom. The summed E-state index contributed by atoms with van der Waals surface area (Å²) in [6, 6.07) is 14.4. The third-order valence-corrected chi connectivity index (χ3v) is 5.26. The molecule has 4 nitrogen and oxygen atoms in total. The van der Waals surface area contributed by atoms with Crippen LogP contribution >= 0.6 is 11.6 Å². The van der Waals surface area contributed by atoms with E-state index >= 15 is 0 Å². The van der Waals surface area contributed by atoms with Crippen molar-refractivity contribution in [3.05, 3.63) is 69.5 Å². The van der Waals surface area contributed by atoms with E-state index in [0.29, 0.717) is 33.0 Å². The van der Waals surface area contributed by atoms with Gasteiger partial charge in [-0.25, -0.2) is 4.57 Å². The number of hydrogen-bond acceptors (Lipinski definition) is 3. The molecule has 0 spiro atoms. The SMILES string of the molecule is CC(N=Cc1c(O)n(-c2ccccc2Cl)c(=O)c2ccccc12)C1CC1. The summed E-state index contributed by atoms with van der Waals surface area (Å²) in [7, 11) is 0. The molecule has 1 saturated carbocycles. The summed E-state index contributed by atoms with van der Waals surface area (Å²) in [4.78, 5) is 17.6. The Labute approximate surface area is 156 Å². The monoisotopic (exact) mass is 366 g/mol. The second kappa shape index (κ2) is 6.61. The maximum Gasteiger partial charge on any atom is 0.265 e. The van der Waals surface area contributed by atoms with Gasteiger partial charge in [-0.3, -0.25) is 9.79 Å². The Balaban J connectivity index is 1.98. The molecule has 1 aliphatic rings. The summed E-state index contributed by atoms with van der Waals surface area (Å²) >= 11 is 6.28. The van der Waals surface area contributed by atoms with Crippen LogP contribution in [-0.4, -0.2) is 21.9 Å². The summed E-state index contributed by atoms with van der Waals surface area (Å²) in [5.74, 6) is 0.475. The molecule has 4 rings (SSSR count). The Hall–Kier alpha value is -2.59. The van der Waals surface area contributed by atoms with Gasteiger partial charge in [0.25, 0.3) is 5.56 Å². The van der Waals surface area contributed by atoms with Crippen molar-refractivity contribution in [2.45, 2.75) is 25.8 Å². The lowest BCUT2D eigenvalue weighted by molar-refractivity contribution is 0.436. The summed E-state index contributed by atoms with van der Waals surface area (Å²) in [5.41, 5.74) is 0.679. The van der Waals surface area contributed by atoms with Gasteiger partial charge in [0.05, 0.1) is 16.3 Å². The molecule has 0 bridgehead atoms. The van der Waals surface area contributed by atoms with E-state index in [1.165, 1.54) is 17.4 Å². The maximum absolute atomic E-state index is 13.0. The standard InChI is InChI=1S/C21H19ClN2O2/c1-13(14-10-11-14)23-12-17-15-6-2-3-7-16(15)20(25)24(21(17)26)19-9-5-4-8-18(19)22/h2-9,12-14,26H,10-11H2,1H3. The first-order chi connectivity index (χ1) is 12.6. The van der Waals surface area contributed by atoms with Gasteiger partial charge in [0.15, 0.2) is 0 Å². The minimum Gasteiger partial charge on any atom is -0.494 e. The first-order valence-corrected chi connectivity index (χ1v) is 9.10. The Morgan fingerprint density at radius 1 is 1.15 bits per heavy atom. The van der Waals surface area contributed by atoms with Crippen molar-refractivity contribution < 1.29 is 5.11 Å². The van der Waals surface area contributed by atoms with E-state index in [1.54, 1.807) is 36.5 Å². The quantitative estimate of drug-likeness (QED) is 0.688. The normalized spacial score (nSPS) is 15.6. The number of hydrogen-bond donors (Lipinski definition) is 1. The van der Waals surface area contributed by atoms with Crippen LogP contribution in [0.15, 0.2) is 58.3 Å². The Morgan fingerprint density at radius 2 is 1.81 bits per heavy atom. The van der Waals surface area contributed by atoms with Crippen LogP contribution < -0.4 is 5.56 Å². The van der Waals surface area contributed by atoms with Crippen LogP contribution in [0.4, 0.5) is 0 Å². The van der Waals surface area contributed by atoms with E-state index < -0.39 is 0 Å². The number of para-hydroxylation sites is 1. The summed E-state index contributed by atoms with van der Waals surface area (Å²) < 4.78 is 1.26. The molecule has 0 amide bonds. The van der Waals surface area contributed by atoms with Gasteiger partial charge in [0.2, 0.25) is 5.88 Å². The van der Waals surface area contributed by atoms with E-state index in [9.17, 15) is 9.90 Å². The van der Waals surface area contributed by atoms with Crippen LogP contribution in [0.3, 0.4) is 0 Å². The lowest BCUT2D eigenvalue weighted by atomic mass is 10.1. The number of pyridine rings is 1. The molecule has 5 heteroatoms. The van der Waals surface area contributed by atoms with E-state index in [-0.39, 0.29) is 17.5 Å². The van der Waals surface area contributed by atoms with Gasteiger partial charge in [0.1, 0.15) is 0 Å². The third kappa shape index (κ3) is 2.90. The summed E-state index contributed by atoms with van der Waals surface area (Å²) in [6.45, 7) is 2.08. The fourth-order valence-corrected chi connectivity index (χ4v) is 3.46. The van der Waals surface area contributed by atoms with E-state index in [1.807, 2.05) is 18.2 Å².